The summed E-state index contributed by atoms with van der Waals surface area (Å²) in [6.45, 7) is 7.37. The molecule has 5 rings (SSSR count). The van der Waals surface area contributed by atoms with Crippen molar-refractivity contribution < 1.29 is 18.7 Å². The average Bonchev–Trinajstić information content (AvgIpc) is 3.13. The number of nitrogens with zero attached hydrogens (tertiary/aromatic N) is 1. The number of aliphatic hydroxyl groups is 1. The van der Waals surface area contributed by atoms with Gasteiger partial charge in [-0.3, -0.25) is 4.79 Å². The summed E-state index contributed by atoms with van der Waals surface area (Å²) in [7, 11) is 0. The van der Waals surface area contributed by atoms with Crippen LogP contribution in [-0.4, -0.2) is 41.1 Å². The molecule has 0 aromatic heterocycles. The summed E-state index contributed by atoms with van der Waals surface area (Å²) in [4.78, 5) is 15.6. The molecule has 0 bridgehead atoms. The second-order valence-corrected chi connectivity index (χ2v) is 13.2. The van der Waals surface area contributed by atoms with E-state index in [2.05, 4.69) is 50.4 Å². The van der Waals surface area contributed by atoms with Gasteiger partial charge < -0.3 is 15.3 Å². The van der Waals surface area contributed by atoms with Crippen LogP contribution in [0.2, 0.25) is 0 Å². The Balaban J connectivity index is 1.45. The van der Waals surface area contributed by atoms with Crippen molar-refractivity contribution in [3.8, 4) is 0 Å². The molecule has 2 N–H and O–H groups in total. The normalized spacial score (nSPS) is 18.7. The molecule has 42 heavy (non-hydrogen) atoms. The molecular weight excluding hydrogens is 530 g/mol. The summed E-state index contributed by atoms with van der Waals surface area (Å²) in [5, 5.41) is 15.6. The van der Waals surface area contributed by atoms with E-state index in [0.717, 1.165) is 50.2 Å². The zero-order chi connectivity index (χ0) is 29.9. The van der Waals surface area contributed by atoms with Gasteiger partial charge in [0.25, 0.3) is 5.91 Å². The minimum atomic E-state index is -0.949. The van der Waals surface area contributed by atoms with Crippen LogP contribution < -0.4 is 5.32 Å². The Labute approximate surface area is 249 Å². The zero-order valence-corrected chi connectivity index (χ0v) is 25.1. The van der Waals surface area contributed by atoms with Crippen molar-refractivity contribution in [2.75, 3.05) is 13.1 Å². The van der Waals surface area contributed by atoms with E-state index in [9.17, 15) is 18.7 Å². The Morgan fingerprint density at radius 3 is 2.36 bits per heavy atom. The Kier molecular flexibility index (Phi) is 9.14. The predicted octanol–water partition coefficient (Wildman–Crippen LogP) is 7.07. The molecule has 1 amide bonds. The standard InChI is InChI=1S/C36H44F2N2O2/c1-35(2,3)27-13-9-14-28(22-27)36(16-7-4-8-17-36)39-24-33(41)32(21-25-19-29(37)23-30(38)20-25)40-18-10-12-26-11-5-6-15-31(26)34(40)42/h5-6,9,11,13-15,19-20,22-23,32-33,39,41H,4,7-8,10,12,16-18,21,24H2,1-3H3/t32-,33?/m0/s1. The van der Waals surface area contributed by atoms with Crippen molar-refractivity contribution in [2.45, 2.75) is 95.2 Å². The molecule has 3 aromatic rings. The molecule has 2 atom stereocenters. The maximum Gasteiger partial charge on any atom is 0.254 e. The number of hydrogen-bond acceptors (Lipinski definition) is 3. The van der Waals surface area contributed by atoms with Crippen LogP contribution in [0, 0.1) is 11.6 Å². The van der Waals surface area contributed by atoms with Gasteiger partial charge in [-0.05, 0) is 78.0 Å². The van der Waals surface area contributed by atoms with Gasteiger partial charge >= 0.3 is 0 Å². The first-order valence-corrected chi connectivity index (χ1v) is 15.4. The molecule has 1 fully saturated rings. The van der Waals surface area contributed by atoms with Crippen LogP contribution >= 0.6 is 0 Å². The van der Waals surface area contributed by atoms with Crippen molar-refractivity contribution in [2.24, 2.45) is 0 Å². The minimum absolute atomic E-state index is 0.0140. The summed E-state index contributed by atoms with van der Waals surface area (Å²) in [5.74, 6) is -1.47. The average molecular weight is 575 g/mol. The fourth-order valence-electron chi connectivity index (χ4n) is 6.83. The molecule has 1 unspecified atom stereocenters. The molecule has 1 aliphatic heterocycles. The molecule has 2 aliphatic rings. The van der Waals surface area contributed by atoms with E-state index < -0.39 is 23.8 Å². The summed E-state index contributed by atoms with van der Waals surface area (Å²) in [6.07, 6.45) is 6.01. The number of carbonyl (C=O) groups is 1. The van der Waals surface area contributed by atoms with Gasteiger partial charge in [0.2, 0.25) is 0 Å². The molecule has 224 valence electrons. The lowest BCUT2D eigenvalue weighted by Crippen LogP contribution is -2.54. The number of aryl methyl sites for hydroxylation is 1. The summed E-state index contributed by atoms with van der Waals surface area (Å²) < 4.78 is 28.4. The van der Waals surface area contributed by atoms with Crippen LogP contribution in [0.25, 0.3) is 0 Å². The second kappa shape index (κ2) is 12.6. The Bertz CT molecular complexity index is 1370. The van der Waals surface area contributed by atoms with Crippen LogP contribution in [-0.2, 0) is 23.8 Å². The first-order chi connectivity index (χ1) is 20.1. The fraction of sp³-hybridized carbons (Fsp3) is 0.472. The van der Waals surface area contributed by atoms with Gasteiger partial charge in [-0.1, -0.05) is 82.5 Å². The van der Waals surface area contributed by atoms with Crippen LogP contribution in [0.1, 0.15) is 91.9 Å². The van der Waals surface area contributed by atoms with E-state index in [1.807, 2.05) is 24.3 Å². The van der Waals surface area contributed by atoms with Gasteiger partial charge in [0, 0.05) is 30.3 Å². The number of rotatable bonds is 8. The molecule has 0 saturated heterocycles. The van der Waals surface area contributed by atoms with E-state index >= 15 is 0 Å². The summed E-state index contributed by atoms with van der Waals surface area (Å²) >= 11 is 0. The van der Waals surface area contributed by atoms with Crippen molar-refractivity contribution in [3.05, 3.63) is 106 Å². The molecule has 1 heterocycles. The van der Waals surface area contributed by atoms with Crippen molar-refractivity contribution >= 4 is 5.91 Å². The smallest absolute Gasteiger partial charge is 0.254 e. The summed E-state index contributed by atoms with van der Waals surface area (Å²) in [5.41, 5.74) is 4.27. The number of halogens is 2. The molecule has 4 nitrogen and oxygen atoms in total. The van der Waals surface area contributed by atoms with Crippen LogP contribution in [0.15, 0.2) is 66.7 Å². The maximum atomic E-state index is 14.2. The highest BCUT2D eigenvalue weighted by atomic mass is 19.1. The lowest BCUT2D eigenvalue weighted by atomic mass is 9.74. The number of fused-ring (bicyclic) bond motifs is 1. The second-order valence-electron chi connectivity index (χ2n) is 13.2. The minimum Gasteiger partial charge on any atom is -0.390 e. The van der Waals surface area contributed by atoms with Gasteiger partial charge in [-0.2, -0.15) is 0 Å². The van der Waals surface area contributed by atoms with Crippen LogP contribution in [0.4, 0.5) is 8.78 Å². The largest absolute Gasteiger partial charge is 0.390 e. The van der Waals surface area contributed by atoms with E-state index in [0.29, 0.717) is 17.7 Å². The number of aliphatic hydroxyl groups excluding tert-OH is 1. The quantitative estimate of drug-likeness (QED) is 0.303. The SMILES string of the molecule is CC(C)(C)c1cccc(C2(NCC(O)[C@H](Cc3cc(F)cc(F)c3)N3CCCc4ccccc4C3=O)CCCCC2)c1. The third-order valence-electron chi connectivity index (χ3n) is 9.20. The highest BCUT2D eigenvalue weighted by molar-refractivity contribution is 5.96. The van der Waals surface area contributed by atoms with Gasteiger partial charge in [0.05, 0.1) is 12.1 Å². The van der Waals surface area contributed by atoms with Crippen LogP contribution in [0.3, 0.4) is 0 Å². The number of amides is 1. The number of hydrogen-bond donors (Lipinski definition) is 2. The fourth-order valence-corrected chi connectivity index (χ4v) is 6.83. The van der Waals surface area contributed by atoms with E-state index in [4.69, 9.17) is 0 Å². The molecule has 1 saturated carbocycles. The van der Waals surface area contributed by atoms with E-state index in [-0.39, 0.29) is 29.8 Å². The lowest BCUT2D eigenvalue weighted by Gasteiger charge is -2.42. The van der Waals surface area contributed by atoms with Crippen molar-refractivity contribution in [1.82, 2.24) is 10.2 Å². The molecule has 1 aliphatic carbocycles. The Hall–Kier alpha value is -3.09. The lowest BCUT2D eigenvalue weighted by molar-refractivity contribution is 0.0314. The van der Waals surface area contributed by atoms with Gasteiger partial charge in [0.1, 0.15) is 11.6 Å². The summed E-state index contributed by atoms with van der Waals surface area (Å²) in [6, 6.07) is 19.2. The number of nitrogens with one attached hydrogen (secondary N) is 1. The molecule has 0 radical (unpaired) electrons. The predicted molar refractivity (Wildman–Crippen MR) is 164 cm³/mol. The first-order valence-electron chi connectivity index (χ1n) is 15.4. The molecule has 6 heteroatoms. The van der Waals surface area contributed by atoms with Gasteiger partial charge in [-0.15, -0.1) is 0 Å². The Morgan fingerprint density at radius 1 is 0.929 bits per heavy atom. The van der Waals surface area contributed by atoms with Crippen molar-refractivity contribution in [1.29, 1.82) is 0 Å². The first kappa shape index (κ1) is 30.4. The molecule has 3 aromatic carbocycles. The molecule has 0 spiro atoms. The van der Waals surface area contributed by atoms with E-state index in [1.54, 1.807) is 4.90 Å². The van der Waals surface area contributed by atoms with Crippen molar-refractivity contribution in [3.63, 3.8) is 0 Å². The van der Waals surface area contributed by atoms with Gasteiger partial charge in [0.15, 0.2) is 0 Å². The molecular formula is C36H44F2N2O2. The van der Waals surface area contributed by atoms with Crippen LogP contribution in [0.5, 0.6) is 0 Å². The Morgan fingerprint density at radius 2 is 1.64 bits per heavy atom. The van der Waals surface area contributed by atoms with Gasteiger partial charge in [-0.25, -0.2) is 8.78 Å². The topological polar surface area (TPSA) is 52.6 Å². The maximum absolute atomic E-state index is 14.2. The monoisotopic (exact) mass is 574 g/mol. The third-order valence-corrected chi connectivity index (χ3v) is 9.20. The highest BCUT2D eigenvalue weighted by Gasteiger charge is 2.38. The third kappa shape index (κ3) is 6.76. The number of carbonyl (C=O) groups excluding carboxylic acids is 1. The zero-order valence-electron chi connectivity index (χ0n) is 25.1. The number of benzene rings is 3. The van der Waals surface area contributed by atoms with E-state index in [1.165, 1.54) is 29.7 Å². The highest BCUT2D eigenvalue weighted by Crippen LogP contribution is 2.39.